The van der Waals surface area contributed by atoms with Crippen molar-refractivity contribution in [2.75, 3.05) is 13.2 Å². The van der Waals surface area contributed by atoms with Gasteiger partial charge in [-0.2, -0.15) is 0 Å². The van der Waals surface area contributed by atoms with E-state index in [1.54, 1.807) is 18.3 Å². The van der Waals surface area contributed by atoms with Crippen molar-refractivity contribution in [3.63, 3.8) is 0 Å². The first-order valence-electron chi connectivity index (χ1n) is 11.5. The second kappa shape index (κ2) is 9.81. The standard InChI is InChI=1S/C24H25ClFN3O4S/c25-16-10-29(22-19(31)12-33-23(16)22)18-4-2-1-3-15(18)17(11-30)28-24(32)21-6-5-20(34-21)13-7-14(26)9-27-8-13/h5-9,11,15-18,22-23H,1-4,10,12H2,(H,28,32)/t15?,16-,17?,18-,22+,23+/m0/s1. The van der Waals surface area contributed by atoms with E-state index in [0.717, 1.165) is 38.2 Å². The molecule has 2 aliphatic heterocycles. The van der Waals surface area contributed by atoms with Crippen LogP contribution in [0.1, 0.15) is 35.4 Å². The molecular formula is C24H25ClFN3O4S. The van der Waals surface area contributed by atoms with Crippen molar-refractivity contribution in [3.8, 4) is 10.4 Å². The number of fused-ring (bicyclic) bond motifs is 1. The number of pyridine rings is 1. The summed E-state index contributed by atoms with van der Waals surface area (Å²) in [4.78, 5) is 44.8. The lowest BCUT2D eigenvalue weighted by Gasteiger charge is -2.42. The molecule has 5 rings (SSSR count). The number of likely N-dealkylation sites (tertiary alicyclic amines) is 1. The number of Topliss-reactive ketones (excluding diaryl/α,β-unsaturated/α-hetero) is 1. The maximum atomic E-state index is 13.5. The number of aldehydes is 1. The van der Waals surface area contributed by atoms with E-state index in [1.807, 2.05) is 0 Å². The van der Waals surface area contributed by atoms with E-state index in [9.17, 15) is 18.8 Å². The molecule has 2 unspecified atom stereocenters. The van der Waals surface area contributed by atoms with Crippen LogP contribution < -0.4 is 5.32 Å². The highest BCUT2D eigenvalue weighted by Gasteiger charge is 2.53. The number of aromatic nitrogens is 1. The van der Waals surface area contributed by atoms with Crippen LogP contribution in [0, 0.1) is 11.7 Å². The Morgan fingerprint density at radius 3 is 2.94 bits per heavy atom. The van der Waals surface area contributed by atoms with E-state index >= 15 is 0 Å². The quantitative estimate of drug-likeness (QED) is 0.479. The van der Waals surface area contributed by atoms with Crippen LogP contribution in [0.2, 0.25) is 0 Å². The monoisotopic (exact) mass is 505 g/mol. The van der Waals surface area contributed by atoms with Crippen LogP contribution in [0.15, 0.2) is 30.6 Å². The van der Waals surface area contributed by atoms with Gasteiger partial charge in [0.05, 0.1) is 34.6 Å². The highest BCUT2D eigenvalue weighted by atomic mass is 35.5. The van der Waals surface area contributed by atoms with Crippen LogP contribution in [-0.4, -0.2) is 70.6 Å². The number of nitrogens with zero attached hydrogens (tertiary/aromatic N) is 2. The molecule has 1 amide bonds. The third-order valence-electron chi connectivity index (χ3n) is 7.09. The molecule has 4 heterocycles. The van der Waals surface area contributed by atoms with Gasteiger partial charge < -0.3 is 14.8 Å². The second-order valence-corrected chi connectivity index (χ2v) is 10.8. The molecule has 34 heavy (non-hydrogen) atoms. The molecule has 2 aromatic heterocycles. The summed E-state index contributed by atoms with van der Waals surface area (Å²) < 4.78 is 19.1. The van der Waals surface area contributed by atoms with Crippen LogP contribution in [0.4, 0.5) is 4.39 Å². The van der Waals surface area contributed by atoms with Crippen molar-refractivity contribution < 1.29 is 23.5 Å². The van der Waals surface area contributed by atoms with Crippen LogP contribution in [-0.2, 0) is 14.3 Å². The average molecular weight is 506 g/mol. The minimum absolute atomic E-state index is 0.0297. The van der Waals surface area contributed by atoms with E-state index in [0.29, 0.717) is 21.9 Å². The van der Waals surface area contributed by atoms with E-state index < -0.39 is 11.9 Å². The normalized spacial score (nSPS) is 30.2. The molecule has 0 radical (unpaired) electrons. The zero-order valence-electron chi connectivity index (χ0n) is 18.4. The molecule has 1 N–H and O–H groups in total. The van der Waals surface area contributed by atoms with E-state index in [1.165, 1.54) is 17.4 Å². The first kappa shape index (κ1) is 23.5. The number of ether oxygens (including phenoxy) is 1. The summed E-state index contributed by atoms with van der Waals surface area (Å²) in [5.41, 5.74) is 0.589. The van der Waals surface area contributed by atoms with E-state index in [2.05, 4.69) is 15.2 Å². The maximum absolute atomic E-state index is 13.5. The van der Waals surface area contributed by atoms with Crippen LogP contribution in [0.25, 0.3) is 10.4 Å². The molecule has 2 aromatic rings. The number of carbonyl (C=O) groups excluding carboxylic acids is 3. The molecule has 0 spiro atoms. The van der Waals surface area contributed by atoms with Gasteiger partial charge in [-0.05, 0) is 31.0 Å². The number of rotatable bonds is 6. The summed E-state index contributed by atoms with van der Waals surface area (Å²) in [6.45, 7) is 0.598. The van der Waals surface area contributed by atoms with E-state index in [4.69, 9.17) is 16.3 Å². The summed E-state index contributed by atoms with van der Waals surface area (Å²) in [5, 5.41) is 2.63. The third kappa shape index (κ3) is 4.42. The Bertz CT molecular complexity index is 1100. The number of ketones is 1. The van der Waals surface area contributed by atoms with Crippen LogP contribution in [0.5, 0.6) is 0 Å². The molecule has 3 aliphatic rings. The van der Waals surface area contributed by atoms with Crippen molar-refractivity contribution in [2.45, 2.75) is 55.3 Å². The van der Waals surface area contributed by atoms with Gasteiger partial charge in [0, 0.05) is 35.1 Å². The van der Waals surface area contributed by atoms with Gasteiger partial charge in [-0.25, -0.2) is 4.39 Å². The van der Waals surface area contributed by atoms with Crippen molar-refractivity contribution >= 4 is 40.9 Å². The van der Waals surface area contributed by atoms with Gasteiger partial charge >= 0.3 is 0 Å². The van der Waals surface area contributed by atoms with Gasteiger partial charge in [0.1, 0.15) is 18.7 Å². The van der Waals surface area contributed by atoms with Crippen molar-refractivity contribution in [3.05, 3.63) is 41.3 Å². The van der Waals surface area contributed by atoms with Crippen LogP contribution in [0.3, 0.4) is 0 Å². The summed E-state index contributed by atoms with van der Waals surface area (Å²) in [5.74, 6) is -0.896. The summed E-state index contributed by atoms with van der Waals surface area (Å²) >= 11 is 7.71. The molecule has 10 heteroatoms. The fourth-order valence-electron chi connectivity index (χ4n) is 5.57. The third-order valence-corrected chi connectivity index (χ3v) is 8.61. The fourth-order valence-corrected chi connectivity index (χ4v) is 6.83. The van der Waals surface area contributed by atoms with E-state index in [-0.39, 0.29) is 47.8 Å². The Balaban J connectivity index is 1.32. The molecule has 2 saturated heterocycles. The van der Waals surface area contributed by atoms with Crippen molar-refractivity contribution in [1.29, 1.82) is 0 Å². The second-order valence-electron chi connectivity index (χ2n) is 9.11. The van der Waals surface area contributed by atoms with Crippen molar-refractivity contribution in [1.82, 2.24) is 15.2 Å². The van der Waals surface area contributed by atoms with Gasteiger partial charge in [-0.1, -0.05) is 12.8 Å². The molecule has 0 bridgehead atoms. The smallest absolute Gasteiger partial charge is 0.261 e. The number of halogens is 2. The molecule has 1 aliphatic carbocycles. The molecular weight excluding hydrogens is 481 g/mol. The number of carbonyl (C=O) groups is 3. The largest absolute Gasteiger partial charge is 0.367 e. The SMILES string of the molecule is O=CC(NC(=O)c1ccc(-c2cncc(F)c2)s1)C1CCCC[C@@H]1N1C[C@H](Cl)[C@H]2OCC(=O)[C@H]21. The zero-order chi connectivity index (χ0) is 23.8. The van der Waals surface area contributed by atoms with Gasteiger partial charge in [-0.15, -0.1) is 22.9 Å². The lowest BCUT2D eigenvalue weighted by atomic mass is 9.78. The Kier molecular flexibility index (Phi) is 6.79. The molecule has 180 valence electrons. The average Bonchev–Trinajstić information content (AvgIpc) is 3.56. The molecule has 6 atom stereocenters. The number of thiophene rings is 1. The Labute approximate surface area is 205 Å². The zero-order valence-corrected chi connectivity index (χ0v) is 19.9. The fraction of sp³-hybridized carbons (Fsp3) is 0.500. The van der Waals surface area contributed by atoms with Gasteiger partial charge in [-0.3, -0.25) is 19.5 Å². The predicted octanol–water partition coefficient (Wildman–Crippen LogP) is 3.06. The number of nitrogens with one attached hydrogen (secondary N) is 1. The number of hydrogen-bond acceptors (Lipinski definition) is 7. The Morgan fingerprint density at radius 2 is 2.15 bits per heavy atom. The molecule has 1 saturated carbocycles. The van der Waals surface area contributed by atoms with Gasteiger partial charge in [0.2, 0.25) is 0 Å². The number of alkyl halides is 1. The summed E-state index contributed by atoms with van der Waals surface area (Å²) in [6, 6.07) is 3.66. The lowest BCUT2D eigenvalue weighted by Crippen LogP contribution is -2.55. The highest BCUT2D eigenvalue weighted by molar-refractivity contribution is 7.17. The lowest BCUT2D eigenvalue weighted by molar-refractivity contribution is -0.122. The molecule has 3 fully saturated rings. The minimum Gasteiger partial charge on any atom is -0.367 e. The summed E-state index contributed by atoms with van der Waals surface area (Å²) in [6.07, 6.45) is 6.70. The maximum Gasteiger partial charge on any atom is 0.261 e. The van der Waals surface area contributed by atoms with Gasteiger partial charge in [0.25, 0.3) is 5.91 Å². The Hall–Kier alpha value is -2.20. The minimum atomic E-state index is -0.690. The van der Waals surface area contributed by atoms with Crippen LogP contribution >= 0.6 is 22.9 Å². The molecule has 0 aromatic carbocycles. The highest BCUT2D eigenvalue weighted by Crippen LogP contribution is 2.39. The first-order chi connectivity index (χ1) is 16.5. The summed E-state index contributed by atoms with van der Waals surface area (Å²) in [7, 11) is 0. The van der Waals surface area contributed by atoms with Crippen molar-refractivity contribution in [2.24, 2.45) is 5.92 Å². The first-order valence-corrected chi connectivity index (χ1v) is 12.7. The number of amides is 1. The topological polar surface area (TPSA) is 88.6 Å². The van der Waals surface area contributed by atoms with Gasteiger partial charge in [0.15, 0.2) is 5.78 Å². The number of hydrogen-bond donors (Lipinski definition) is 1. The predicted molar refractivity (Wildman–Crippen MR) is 125 cm³/mol. The molecule has 7 nitrogen and oxygen atoms in total. The Morgan fingerprint density at radius 1 is 1.32 bits per heavy atom.